The second-order valence-electron chi connectivity index (χ2n) is 4.47. The van der Waals surface area contributed by atoms with E-state index in [9.17, 15) is 18.0 Å². The summed E-state index contributed by atoms with van der Waals surface area (Å²) < 4.78 is 39.1. The first-order valence-corrected chi connectivity index (χ1v) is 7.46. The summed E-state index contributed by atoms with van der Waals surface area (Å²) in [6.45, 7) is 6.56. The Bertz CT molecular complexity index is 488. The van der Waals surface area contributed by atoms with Gasteiger partial charge in [-0.2, -0.15) is 13.2 Å². The Morgan fingerprint density at radius 3 is 2.43 bits per heavy atom. The minimum absolute atomic E-state index is 0.287. The fourth-order valence-electron chi connectivity index (χ4n) is 1.91. The molecule has 118 valence electrons. The van der Waals surface area contributed by atoms with Crippen molar-refractivity contribution in [1.82, 2.24) is 10.2 Å². The first-order chi connectivity index (χ1) is 9.79. The van der Waals surface area contributed by atoms with Crippen molar-refractivity contribution in [2.75, 3.05) is 26.2 Å². The molecule has 1 aromatic rings. The first-order valence-electron chi connectivity index (χ1n) is 6.66. The van der Waals surface area contributed by atoms with Crippen molar-refractivity contribution in [2.24, 2.45) is 0 Å². The van der Waals surface area contributed by atoms with Gasteiger partial charge < -0.3 is 10.2 Å². The summed E-state index contributed by atoms with van der Waals surface area (Å²) in [5.74, 6) is -0.706. The molecule has 0 radical (unpaired) electrons. The van der Waals surface area contributed by atoms with Gasteiger partial charge in [-0.05, 0) is 31.3 Å². The number of carbonyl (C=O) groups is 1. The van der Waals surface area contributed by atoms with Crippen LogP contribution in [0.4, 0.5) is 13.2 Å². The molecule has 7 heteroatoms. The summed E-state index contributed by atoms with van der Waals surface area (Å²) in [5, 5.41) is 2.53. The van der Waals surface area contributed by atoms with Crippen molar-refractivity contribution in [3.05, 3.63) is 33.8 Å². The van der Waals surface area contributed by atoms with Gasteiger partial charge in [0, 0.05) is 17.6 Å². The average molecular weight is 367 g/mol. The van der Waals surface area contributed by atoms with Gasteiger partial charge in [0.15, 0.2) is 0 Å². The molecule has 3 nitrogen and oxygen atoms in total. The van der Waals surface area contributed by atoms with Crippen LogP contribution in [0.2, 0.25) is 0 Å². The third-order valence-corrected chi connectivity index (χ3v) is 3.63. The summed E-state index contributed by atoms with van der Waals surface area (Å²) in [6.07, 6.45) is -4.56. The molecule has 0 atom stereocenters. The SMILES string of the molecule is CCN(CC)CCNC(=O)c1ccc(Br)cc1C(F)(F)F. The fraction of sp³-hybridized carbons (Fsp3) is 0.500. The van der Waals surface area contributed by atoms with Crippen molar-refractivity contribution in [2.45, 2.75) is 20.0 Å². The van der Waals surface area contributed by atoms with Crippen LogP contribution in [0.1, 0.15) is 29.8 Å². The summed E-state index contributed by atoms with van der Waals surface area (Å²) in [5.41, 5.74) is -1.29. The molecule has 1 amide bonds. The molecule has 1 rings (SSSR count). The van der Waals surface area contributed by atoms with Gasteiger partial charge >= 0.3 is 6.18 Å². The lowest BCUT2D eigenvalue weighted by Crippen LogP contribution is -2.35. The van der Waals surface area contributed by atoms with Crippen molar-refractivity contribution >= 4 is 21.8 Å². The number of halogens is 4. The van der Waals surface area contributed by atoms with Gasteiger partial charge in [-0.1, -0.05) is 29.8 Å². The summed E-state index contributed by atoms with van der Waals surface area (Å²) in [4.78, 5) is 14.0. The Morgan fingerprint density at radius 1 is 1.29 bits per heavy atom. The molecule has 0 saturated heterocycles. The van der Waals surface area contributed by atoms with E-state index in [0.717, 1.165) is 19.2 Å². The van der Waals surface area contributed by atoms with E-state index >= 15 is 0 Å². The minimum Gasteiger partial charge on any atom is -0.351 e. The number of amides is 1. The molecular formula is C14H18BrF3N2O. The Hall–Kier alpha value is -1.08. The number of benzene rings is 1. The quantitative estimate of drug-likeness (QED) is 0.834. The number of rotatable bonds is 6. The maximum Gasteiger partial charge on any atom is 0.417 e. The van der Waals surface area contributed by atoms with Gasteiger partial charge in [-0.15, -0.1) is 0 Å². The highest BCUT2D eigenvalue weighted by Crippen LogP contribution is 2.33. The first kappa shape index (κ1) is 18.0. The van der Waals surface area contributed by atoms with E-state index in [1.54, 1.807) is 0 Å². The van der Waals surface area contributed by atoms with Crippen LogP contribution in [-0.2, 0) is 6.18 Å². The smallest absolute Gasteiger partial charge is 0.351 e. The molecule has 0 aliphatic rings. The zero-order chi connectivity index (χ0) is 16.0. The van der Waals surface area contributed by atoms with E-state index in [0.29, 0.717) is 13.1 Å². The third-order valence-electron chi connectivity index (χ3n) is 3.14. The molecule has 0 aliphatic carbocycles. The molecule has 0 saturated carbocycles. The topological polar surface area (TPSA) is 32.3 Å². The van der Waals surface area contributed by atoms with Gasteiger partial charge in [0.05, 0.1) is 11.1 Å². The van der Waals surface area contributed by atoms with E-state index in [1.807, 2.05) is 13.8 Å². The van der Waals surface area contributed by atoms with E-state index < -0.39 is 17.6 Å². The zero-order valence-corrected chi connectivity index (χ0v) is 13.5. The van der Waals surface area contributed by atoms with Gasteiger partial charge in [-0.3, -0.25) is 4.79 Å². The molecule has 0 unspecified atom stereocenters. The number of likely N-dealkylation sites (N-methyl/N-ethyl adjacent to an activating group) is 1. The molecule has 0 heterocycles. The lowest BCUT2D eigenvalue weighted by Gasteiger charge is -2.18. The maximum absolute atomic E-state index is 12.9. The summed E-state index contributed by atoms with van der Waals surface area (Å²) in [7, 11) is 0. The van der Waals surface area contributed by atoms with Gasteiger partial charge in [0.25, 0.3) is 5.91 Å². The fourth-order valence-corrected chi connectivity index (χ4v) is 2.27. The standard InChI is InChI=1S/C14H18BrF3N2O/c1-3-20(4-2)8-7-19-13(21)11-6-5-10(15)9-12(11)14(16,17)18/h5-6,9H,3-4,7-8H2,1-2H3,(H,19,21). The van der Waals surface area contributed by atoms with Gasteiger partial charge in [-0.25, -0.2) is 0 Å². The monoisotopic (exact) mass is 366 g/mol. The molecular weight excluding hydrogens is 349 g/mol. The number of hydrogen-bond acceptors (Lipinski definition) is 2. The molecule has 21 heavy (non-hydrogen) atoms. The van der Waals surface area contributed by atoms with Crippen LogP contribution in [0.25, 0.3) is 0 Å². The van der Waals surface area contributed by atoms with Crippen LogP contribution in [0.3, 0.4) is 0 Å². The number of carbonyl (C=O) groups excluding carboxylic acids is 1. The van der Waals surface area contributed by atoms with E-state index in [2.05, 4.69) is 26.1 Å². The van der Waals surface area contributed by atoms with Crippen molar-refractivity contribution in [3.63, 3.8) is 0 Å². The van der Waals surface area contributed by atoms with Crippen LogP contribution >= 0.6 is 15.9 Å². The van der Waals surface area contributed by atoms with E-state index in [4.69, 9.17) is 0 Å². The molecule has 1 aromatic carbocycles. The maximum atomic E-state index is 12.9. The molecule has 0 aliphatic heterocycles. The Balaban J connectivity index is 2.79. The number of nitrogens with zero attached hydrogens (tertiary/aromatic N) is 1. The third kappa shape index (κ3) is 5.32. The molecule has 0 fully saturated rings. The van der Waals surface area contributed by atoms with Crippen molar-refractivity contribution < 1.29 is 18.0 Å². The molecule has 0 aromatic heterocycles. The van der Waals surface area contributed by atoms with Crippen LogP contribution in [0.5, 0.6) is 0 Å². The predicted octanol–water partition coefficient (Wildman–Crippen LogP) is 3.54. The molecule has 1 N–H and O–H groups in total. The largest absolute Gasteiger partial charge is 0.417 e. The lowest BCUT2D eigenvalue weighted by atomic mass is 10.1. The van der Waals surface area contributed by atoms with Crippen LogP contribution < -0.4 is 5.32 Å². The second-order valence-corrected chi connectivity index (χ2v) is 5.39. The van der Waals surface area contributed by atoms with Gasteiger partial charge in [0.2, 0.25) is 0 Å². The Morgan fingerprint density at radius 2 is 1.90 bits per heavy atom. The van der Waals surface area contributed by atoms with E-state index in [1.165, 1.54) is 12.1 Å². The summed E-state index contributed by atoms with van der Waals surface area (Å²) >= 11 is 2.99. The van der Waals surface area contributed by atoms with Crippen molar-refractivity contribution in [3.8, 4) is 0 Å². The van der Waals surface area contributed by atoms with Crippen LogP contribution in [0.15, 0.2) is 22.7 Å². The predicted molar refractivity (Wildman–Crippen MR) is 79.3 cm³/mol. The number of nitrogens with one attached hydrogen (secondary N) is 1. The van der Waals surface area contributed by atoms with Crippen LogP contribution in [0, 0.1) is 0 Å². The lowest BCUT2D eigenvalue weighted by molar-refractivity contribution is -0.138. The second kappa shape index (κ2) is 7.79. The van der Waals surface area contributed by atoms with Gasteiger partial charge in [0.1, 0.15) is 0 Å². The number of hydrogen-bond donors (Lipinski definition) is 1. The highest BCUT2D eigenvalue weighted by atomic mass is 79.9. The highest BCUT2D eigenvalue weighted by Gasteiger charge is 2.35. The average Bonchev–Trinajstić information content (AvgIpc) is 2.42. The molecule has 0 bridgehead atoms. The van der Waals surface area contributed by atoms with Crippen molar-refractivity contribution in [1.29, 1.82) is 0 Å². The highest BCUT2D eigenvalue weighted by molar-refractivity contribution is 9.10. The Kier molecular flexibility index (Phi) is 6.67. The zero-order valence-electron chi connectivity index (χ0n) is 11.9. The molecule has 0 spiro atoms. The van der Waals surface area contributed by atoms with Crippen LogP contribution in [-0.4, -0.2) is 37.0 Å². The summed E-state index contributed by atoms with van der Waals surface area (Å²) in [6, 6.07) is 3.52. The Labute approximate surface area is 130 Å². The normalized spacial score (nSPS) is 11.8. The minimum atomic E-state index is -4.56. The van der Waals surface area contributed by atoms with E-state index in [-0.39, 0.29) is 10.0 Å². The number of alkyl halides is 3.